The molecule has 5 heteroatoms. The van der Waals surface area contributed by atoms with Gasteiger partial charge < -0.3 is 9.84 Å². The fourth-order valence-corrected chi connectivity index (χ4v) is 1.90. The van der Waals surface area contributed by atoms with Crippen molar-refractivity contribution >= 4 is 17.6 Å². The first-order chi connectivity index (χ1) is 9.61. The highest BCUT2D eigenvalue weighted by molar-refractivity contribution is 6.31. The Labute approximate surface area is 120 Å². The zero-order valence-corrected chi connectivity index (χ0v) is 11.1. The summed E-state index contributed by atoms with van der Waals surface area (Å²) >= 11 is 5.90. The van der Waals surface area contributed by atoms with E-state index in [4.69, 9.17) is 26.7 Å². The predicted molar refractivity (Wildman–Crippen MR) is 73.9 cm³/mol. The molecule has 2 aromatic carbocycles. The van der Waals surface area contributed by atoms with Crippen LogP contribution in [0.25, 0.3) is 0 Å². The normalized spacial score (nSPS) is 9.80. The number of carbonyl (C=O) groups is 1. The van der Waals surface area contributed by atoms with Gasteiger partial charge in [0.25, 0.3) is 0 Å². The van der Waals surface area contributed by atoms with Crippen molar-refractivity contribution in [2.24, 2.45) is 0 Å². The van der Waals surface area contributed by atoms with Gasteiger partial charge in [-0.15, -0.1) is 0 Å². The van der Waals surface area contributed by atoms with Crippen molar-refractivity contribution in [3.8, 4) is 11.8 Å². The van der Waals surface area contributed by atoms with Crippen LogP contribution in [0, 0.1) is 11.3 Å². The van der Waals surface area contributed by atoms with Crippen LogP contribution in [0.5, 0.6) is 5.75 Å². The third kappa shape index (κ3) is 3.08. The topological polar surface area (TPSA) is 70.3 Å². The smallest absolute Gasteiger partial charge is 0.335 e. The number of ether oxygens (including phenoxy) is 1. The van der Waals surface area contributed by atoms with Crippen molar-refractivity contribution in [2.75, 3.05) is 0 Å². The van der Waals surface area contributed by atoms with E-state index in [-0.39, 0.29) is 17.7 Å². The van der Waals surface area contributed by atoms with Crippen LogP contribution >= 0.6 is 11.6 Å². The van der Waals surface area contributed by atoms with Gasteiger partial charge in [0, 0.05) is 0 Å². The predicted octanol–water partition coefficient (Wildman–Crippen LogP) is 3.49. The van der Waals surface area contributed by atoms with Crippen molar-refractivity contribution in [3.63, 3.8) is 0 Å². The maximum atomic E-state index is 10.9. The van der Waals surface area contributed by atoms with Gasteiger partial charge in [0.05, 0.1) is 10.6 Å². The van der Waals surface area contributed by atoms with E-state index in [0.29, 0.717) is 16.3 Å². The van der Waals surface area contributed by atoms with Crippen molar-refractivity contribution in [1.82, 2.24) is 0 Å². The molecule has 0 aromatic heterocycles. The second-order valence-electron chi connectivity index (χ2n) is 4.02. The molecule has 0 aliphatic heterocycles. The van der Waals surface area contributed by atoms with Crippen molar-refractivity contribution in [2.45, 2.75) is 6.61 Å². The molecule has 0 aliphatic carbocycles. The van der Waals surface area contributed by atoms with Gasteiger partial charge in [0.15, 0.2) is 0 Å². The molecule has 2 aromatic rings. The Balaban J connectivity index is 2.17. The van der Waals surface area contributed by atoms with E-state index in [9.17, 15) is 4.79 Å². The first-order valence-electron chi connectivity index (χ1n) is 5.75. The minimum atomic E-state index is -0.993. The molecule has 0 spiro atoms. The van der Waals surface area contributed by atoms with Crippen LogP contribution in [0.1, 0.15) is 21.5 Å². The highest BCUT2D eigenvalue weighted by Crippen LogP contribution is 2.26. The van der Waals surface area contributed by atoms with Gasteiger partial charge in [-0.05, 0) is 29.8 Å². The van der Waals surface area contributed by atoms with E-state index in [1.807, 2.05) is 6.07 Å². The number of nitriles is 1. The summed E-state index contributed by atoms with van der Waals surface area (Å²) in [7, 11) is 0. The molecule has 0 saturated heterocycles. The molecule has 0 fully saturated rings. The summed E-state index contributed by atoms with van der Waals surface area (Å²) in [6.07, 6.45) is 0. The highest BCUT2D eigenvalue weighted by Gasteiger charge is 2.08. The first kappa shape index (κ1) is 13.9. The Morgan fingerprint density at radius 1 is 1.30 bits per heavy atom. The maximum Gasteiger partial charge on any atom is 0.335 e. The van der Waals surface area contributed by atoms with Crippen LogP contribution in [0.2, 0.25) is 5.02 Å². The van der Waals surface area contributed by atoms with Gasteiger partial charge in [-0.3, -0.25) is 0 Å². The Morgan fingerprint density at radius 3 is 2.75 bits per heavy atom. The average molecular weight is 288 g/mol. The van der Waals surface area contributed by atoms with Crippen LogP contribution in [-0.4, -0.2) is 11.1 Å². The summed E-state index contributed by atoms with van der Waals surface area (Å²) in [6.45, 7) is 0.163. The molecule has 0 amide bonds. The summed E-state index contributed by atoms with van der Waals surface area (Å²) in [6, 6.07) is 13.3. The van der Waals surface area contributed by atoms with Gasteiger partial charge in [-0.25, -0.2) is 4.79 Å². The van der Waals surface area contributed by atoms with Crippen LogP contribution < -0.4 is 4.74 Å². The molecule has 4 nitrogen and oxygen atoms in total. The van der Waals surface area contributed by atoms with Crippen LogP contribution in [-0.2, 0) is 6.61 Å². The van der Waals surface area contributed by atoms with E-state index in [1.54, 1.807) is 30.3 Å². The molecular weight excluding hydrogens is 278 g/mol. The molecule has 100 valence electrons. The fourth-order valence-electron chi connectivity index (χ4n) is 1.69. The lowest BCUT2D eigenvalue weighted by Crippen LogP contribution is -2.01. The van der Waals surface area contributed by atoms with Crippen LogP contribution in [0.15, 0.2) is 42.5 Å². The number of benzene rings is 2. The quantitative estimate of drug-likeness (QED) is 0.934. The minimum Gasteiger partial charge on any atom is -0.487 e. The Kier molecular flexibility index (Phi) is 4.24. The second-order valence-corrected chi connectivity index (χ2v) is 4.43. The molecule has 0 radical (unpaired) electrons. The molecule has 0 aliphatic rings. The summed E-state index contributed by atoms with van der Waals surface area (Å²) < 4.78 is 5.53. The van der Waals surface area contributed by atoms with Gasteiger partial charge in [-0.2, -0.15) is 5.26 Å². The number of halogens is 1. The van der Waals surface area contributed by atoms with Gasteiger partial charge in [0.2, 0.25) is 0 Å². The first-order valence-corrected chi connectivity index (χ1v) is 6.13. The Bertz CT molecular complexity index is 692. The summed E-state index contributed by atoms with van der Waals surface area (Å²) in [4.78, 5) is 10.9. The SMILES string of the molecule is N#Cc1c(Cl)cccc1OCc1cccc(C(=O)O)c1. The lowest BCUT2D eigenvalue weighted by atomic mass is 10.1. The lowest BCUT2D eigenvalue weighted by molar-refractivity contribution is 0.0696. The largest absolute Gasteiger partial charge is 0.487 e. The average Bonchev–Trinajstić information content (AvgIpc) is 2.45. The van der Waals surface area contributed by atoms with E-state index < -0.39 is 5.97 Å². The standard InChI is InChI=1S/C15H10ClNO3/c16-13-5-2-6-14(12(13)8-17)20-9-10-3-1-4-11(7-10)15(18)19/h1-7H,9H2,(H,18,19). The van der Waals surface area contributed by atoms with E-state index in [0.717, 1.165) is 0 Å². The van der Waals surface area contributed by atoms with Crippen LogP contribution in [0.4, 0.5) is 0 Å². The van der Waals surface area contributed by atoms with Gasteiger partial charge in [0.1, 0.15) is 24.0 Å². The molecule has 0 bridgehead atoms. The molecular formula is C15H10ClNO3. The van der Waals surface area contributed by atoms with E-state index in [1.165, 1.54) is 12.1 Å². The molecule has 1 N–H and O–H groups in total. The molecule has 0 heterocycles. The van der Waals surface area contributed by atoms with E-state index in [2.05, 4.69) is 0 Å². The number of carboxylic acids is 1. The second kappa shape index (κ2) is 6.09. The van der Waals surface area contributed by atoms with Gasteiger partial charge >= 0.3 is 5.97 Å². The maximum absolute atomic E-state index is 10.9. The van der Waals surface area contributed by atoms with Gasteiger partial charge in [-0.1, -0.05) is 29.8 Å². The van der Waals surface area contributed by atoms with Crippen molar-refractivity contribution in [3.05, 3.63) is 64.2 Å². The minimum absolute atomic E-state index is 0.163. The molecule has 20 heavy (non-hydrogen) atoms. The Hall–Kier alpha value is -2.51. The lowest BCUT2D eigenvalue weighted by Gasteiger charge is -2.09. The third-order valence-electron chi connectivity index (χ3n) is 2.66. The number of carboxylic acid groups (broad SMARTS) is 1. The van der Waals surface area contributed by atoms with E-state index >= 15 is 0 Å². The fraction of sp³-hybridized carbons (Fsp3) is 0.0667. The number of hydrogen-bond donors (Lipinski definition) is 1. The molecule has 0 unspecified atom stereocenters. The Morgan fingerprint density at radius 2 is 2.05 bits per heavy atom. The van der Waals surface area contributed by atoms with Crippen LogP contribution in [0.3, 0.4) is 0 Å². The molecule has 0 saturated carbocycles. The zero-order chi connectivity index (χ0) is 14.5. The van der Waals surface area contributed by atoms with Crippen molar-refractivity contribution < 1.29 is 14.6 Å². The summed E-state index contributed by atoms with van der Waals surface area (Å²) in [5, 5.41) is 18.3. The number of hydrogen-bond acceptors (Lipinski definition) is 3. The summed E-state index contributed by atoms with van der Waals surface area (Å²) in [5.74, 6) is -0.618. The zero-order valence-electron chi connectivity index (χ0n) is 10.3. The number of aromatic carboxylic acids is 1. The molecule has 0 atom stereocenters. The summed E-state index contributed by atoms with van der Waals surface area (Å²) in [5.41, 5.74) is 1.16. The monoisotopic (exact) mass is 287 g/mol. The van der Waals surface area contributed by atoms with Crippen molar-refractivity contribution in [1.29, 1.82) is 5.26 Å². The molecule has 2 rings (SSSR count). The number of nitrogens with zero attached hydrogens (tertiary/aromatic N) is 1. The third-order valence-corrected chi connectivity index (χ3v) is 2.97. The highest BCUT2D eigenvalue weighted by atomic mass is 35.5. The number of rotatable bonds is 4.